The normalized spacial score (nSPS) is 18.6. The zero-order valence-corrected chi connectivity index (χ0v) is 20.4. The first-order chi connectivity index (χ1) is 15.5. The summed E-state index contributed by atoms with van der Waals surface area (Å²) in [6, 6.07) is 13.7. The van der Waals surface area contributed by atoms with Crippen molar-refractivity contribution in [1.82, 2.24) is 10.2 Å². The lowest BCUT2D eigenvalue weighted by Gasteiger charge is -2.35. The first kappa shape index (κ1) is 24.8. The number of amides is 1. The van der Waals surface area contributed by atoms with E-state index in [9.17, 15) is 14.7 Å². The Hall–Kier alpha value is -2.86. The summed E-state index contributed by atoms with van der Waals surface area (Å²) >= 11 is 0. The third kappa shape index (κ3) is 6.81. The molecule has 178 valence electrons. The largest absolute Gasteiger partial charge is 0.508 e. The van der Waals surface area contributed by atoms with E-state index >= 15 is 0 Å². The highest BCUT2D eigenvalue weighted by Crippen LogP contribution is 2.28. The van der Waals surface area contributed by atoms with Crippen LogP contribution in [-0.4, -0.2) is 46.6 Å². The predicted octanol–water partition coefficient (Wildman–Crippen LogP) is 5.53. The maximum Gasteiger partial charge on any atom is 0.410 e. The Morgan fingerprint density at radius 3 is 2.21 bits per heavy atom. The fraction of sp³-hybridized carbons (Fsp3) is 0.481. The van der Waals surface area contributed by atoms with Gasteiger partial charge in [0, 0.05) is 36.8 Å². The van der Waals surface area contributed by atoms with Crippen molar-refractivity contribution >= 4 is 11.9 Å². The van der Waals surface area contributed by atoms with Gasteiger partial charge in [-0.15, -0.1) is 0 Å². The van der Waals surface area contributed by atoms with Crippen LogP contribution in [0, 0.1) is 0 Å². The number of nitrogens with zero attached hydrogens (tertiary/aromatic N) is 1. The summed E-state index contributed by atoms with van der Waals surface area (Å²) in [6.45, 7) is 7.77. The molecule has 6 heteroatoms. The number of hydrogen-bond acceptors (Lipinski definition) is 5. The van der Waals surface area contributed by atoms with Crippen molar-refractivity contribution < 1.29 is 19.4 Å². The lowest BCUT2D eigenvalue weighted by molar-refractivity contribution is 0.0179. The number of aromatic hydroxyl groups is 1. The number of carbonyl (C=O) groups is 2. The molecule has 0 aliphatic heterocycles. The van der Waals surface area contributed by atoms with Crippen molar-refractivity contribution in [2.24, 2.45) is 0 Å². The number of nitrogens with one attached hydrogen (secondary N) is 1. The van der Waals surface area contributed by atoms with Gasteiger partial charge in [-0.05, 0) is 76.6 Å². The van der Waals surface area contributed by atoms with Gasteiger partial charge in [-0.3, -0.25) is 4.79 Å². The first-order valence-electron chi connectivity index (χ1n) is 11.7. The van der Waals surface area contributed by atoms with Gasteiger partial charge in [0.15, 0.2) is 5.78 Å². The molecule has 1 fully saturated rings. The SMILES string of the molecule is CC(=O)c1ccc(-c2ccc(O)c(CN[C@H]3CC[C@H](N(C)C(=O)OC(C)(C)C)CC3)c2)cc1. The lowest BCUT2D eigenvalue weighted by atomic mass is 9.90. The number of benzene rings is 2. The van der Waals surface area contributed by atoms with Crippen LogP contribution in [0.3, 0.4) is 0 Å². The molecule has 0 atom stereocenters. The minimum atomic E-state index is -0.490. The van der Waals surface area contributed by atoms with Gasteiger partial charge < -0.3 is 20.1 Å². The van der Waals surface area contributed by atoms with Gasteiger partial charge >= 0.3 is 6.09 Å². The Bertz CT molecular complexity index is 971. The quantitative estimate of drug-likeness (QED) is 0.564. The first-order valence-corrected chi connectivity index (χ1v) is 11.7. The minimum Gasteiger partial charge on any atom is -0.508 e. The van der Waals surface area contributed by atoms with E-state index in [0.29, 0.717) is 18.2 Å². The number of rotatable bonds is 6. The lowest BCUT2D eigenvalue weighted by Crippen LogP contribution is -2.44. The van der Waals surface area contributed by atoms with Crippen LogP contribution in [0.4, 0.5) is 4.79 Å². The Kier molecular flexibility index (Phi) is 7.80. The molecule has 0 bridgehead atoms. The monoisotopic (exact) mass is 452 g/mol. The number of ether oxygens (including phenoxy) is 1. The van der Waals surface area contributed by atoms with E-state index in [1.807, 2.05) is 64.2 Å². The smallest absolute Gasteiger partial charge is 0.410 e. The van der Waals surface area contributed by atoms with Crippen molar-refractivity contribution in [1.29, 1.82) is 0 Å². The molecule has 6 nitrogen and oxygen atoms in total. The molecule has 2 aromatic rings. The fourth-order valence-electron chi connectivity index (χ4n) is 4.21. The summed E-state index contributed by atoms with van der Waals surface area (Å²) in [5.74, 6) is 0.314. The van der Waals surface area contributed by atoms with E-state index in [0.717, 1.165) is 42.4 Å². The summed E-state index contributed by atoms with van der Waals surface area (Å²) in [5.41, 5.74) is 3.05. The minimum absolute atomic E-state index is 0.0455. The van der Waals surface area contributed by atoms with Crippen molar-refractivity contribution in [3.8, 4) is 16.9 Å². The third-order valence-corrected chi connectivity index (χ3v) is 6.21. The molecule has 2 N–H and O–H groups in total. The molecule has 0 heterocycles. The van der Waals surface area contributed by atoms with Gasteiger partial charge in [0.1, 0.15) is 11.4 Å². The average molecular weight is 453 g/mol. The van der Waals surface area contributed by atoms with Crippen molar-refractivity contribution in [3.63, 3.8) is 0 Å². The molecule has 3 rings (SSSR count). The molecule has 2 aromatic carbocycles. The van der Waals surface area contributed by atoms with E-state index in [1.165, 1.54) is 0 Å². The van der Waals surface area contributed by atoms with Crippen molar-refractivity contribution in [2.45, 2.75) is 77.6 Å². The zero-order chi connectivity index (χ0) is 24.2. The predicted molar refractivity (Wildman–Crippen MR) is 130 cm³/mol. The molecule has 1 amide bonds. The van der Waals surface area contributed by atoms with Crippen LogP contribution in [0.5, 0.6) is 5.75 Å². The number of ketones is 1. The van der Waals surface area contributed by atoms with Gasteiger partial charge in [0.25, 0.3) is 0 Å². The van der Waals surface area contributed by atoms with Crippen LogP contribution in [0.25, 0.3) is 11.1 Å². The second kappa shape index (κ2) is 10.4. The van der Waals surface area contributed by atoms with Gasteiger partial charge in [-0.2, -0.15) is 0 Å². The maximum atomic E-state index is 12.3. The molecule has 0 aromatic heterocycles. The summed E-state index contributed by atoms with van der Waals surface area (Å²) in [4.78, 5) is 25.6. The molecule has 0 spiro atoms. The summed E-state index contributed by atoms with van der Waals surface area (Å²) in [5, 5.41) is 13.9. The maximum absolute atomic E-state index is 12.3. The van der Waals surface area contributed by atoms with Crippen LogP contribution in [-0.2, 0) is 11.3 Å². The number of Topliss-reactive ketones (excluding diaryl/α,β-unsaturated/α-hetero) is 1. The summed E-state index contributed by atoms with van der Waals surface area (Å²) in [7, 11) is 1.82. The molecule has 0 radical (unpaired) electrons. The highest BCUT2D eigenvalue weighted by atomic mass is 16.6. The standard InChI is InChI=1S/C27H36N2O4/c1-18(30)19-6-8-20(9-7-19)21-10-15-25(31)22(16-21)17-28-23-11-13-24(14-12-23)29(5)26(32)33-27(2,3)4/h6-10,15-16,23-24,28,31H,11-14,17H2,1-5H3/t23-,24-. The van der Waals surface area contributed by atoms with Crippen molar-refractivity contribution in [2.75, 3.05) is 7.05 Å². The number of phenolic OH excluding ortho intramolecular Hbond substituents is 1. The Balaban J connectivity index is 1.55. The summed E-state index contributed by atoms with van der Waals surface area (Å²) in [6.07, 6.45) is 3.50. The Morgan fingerprint density at radius 1 is 1.03 bits per heavy atom. The van der Waals surface area contributed by atoms with E-state index in [-0.39, 0.29) is 23.7 Å². The van der Waals surface area contributed by atoms with E-state index in [4.69, 9.17) is 4.74 Å². The number of carbonyl (C=O) groups excluding carboxylic acids is 2. The van der Waals surface area contributed by atoms with E-state index < -0.39 is 5.60 Å². The fourth-order valence-corrected chi connectivity index (χ4v) is 4.21. The van der Waals surface area contributed by atoms with Crippen molar-refractivity contribution in [3.05, 3.63) is 53.6 Å². The zero-order valence-electron chi connectivity index (χ0n) is 20.4. The van der Waals surface area contributed by atoms with E-state index in [2.05, 4.69) is 5.32 Å². The molecule has 1 aliphatic carbocycles. The van der Waals surface area contributed by atoms with Crippen LogP contribution in [0.1, 0.15) is 69.3 Å². The summed E-state index contributed by atoms with van der Waals surface area (Å²) < 4.78 is 5.49. The van der Waals surface area contributed by atoms with Gasteiger partial charge in [0.2, 0.25) is 0 Å². The topological polar surface area (TPSA) is 78.9 Å². The molecular formula is C27H36N2O4. The second-order valence-corrected chi connectivity index (χ2v) is 9.95. The number of phenols is 1. The number of hydrogen-bond donors (Lipinski definition) is 2. The Morgan fingerprint density at radius 2 is 1.64 bits per heavy atom. The van der Waals surface area contributed by atoms with Crippen LogP contribution in [0.15, 0.2) is 42.5 Å². The van der Waals surface area contributed by atoms with Crippen LogP contribution < -0.4 is 5.32 Å². The van der Waals surface area contributed by atoms with Crippen LogP contribution >= 0.6 is 0 Å². The highest BCUT2D eigenvalue weighted by molar-refractivity contribution is 5.94. The van der Waals surface area contributed by atoms with Gasteiger partial charge in [-0.25, -0.2) is 4.79 Å². The highest BCUT2D eigenvalue weighted by Gasteiger charge is 2.29. The van der Waals surface area contributed by atoms with Crippen LogP contribution in [0.2, 0.25) is 0 Å². The second-order valence-electron chi connectivity index (χ2n) is 9.95. The molecule has 0 saturated heterocycles. The molecule has 33 heavy (non-hydrogen) atoms. The molecular weight excluding hydrogens is 416 g/mol. The van der Waals surface area contributed by atoms with E-state index in [1.54, 1.807) is 17.9 Å². The Labute approximate surface area is 196 Å². The molecule has 0 unspecified atom stereocenters. The molecule has 1 saturated carbocycles. The molecule has 1 aliphatic rings. The average Bonchev–Trinajstić information content (AvgIpc) is 2.77. The third-order valence-electron chi connectivity index (χ3n) is 6.21. The van der Waals surface area contributed by atoms with Gasteiger partial charge in [0.05, 0.1) is 0 Å². The van der Waals surface area contributed by atoms with Gasteiger partial charge in [-0.1, -0.05) is 30.3 Å².